The molecule has 0 amide bonds. The van der Waals surface area contributed by atoms with Gasteiger partial charge in [0.1, 0.15) is 17.5 Å². The van der Waals surface area contributed by atoms with E-state index in [1.54, 1.807) is 12.1 Å². The molecule has 0 N–H and O–H groups in total. The Kier molecular flexibility index (Phi) is 6.00. The van der Waals surface area contributed by atoms with Crippen LogP contribution in [0.25, 0.3) is 22.4 Å². The first-order valence-electron chi connectivity index (χ1n) is 11.2. The fourth-order valence-corrected chi connectivity index (χ4v) is 4.33. The molecule has 1 atom stereocenters. The molecule has 1 aromatic heterocycles. The Hall–Kier alpha value is -4.12. The number of halogens is 2. The quantitative estimate of drug-likeness (QED) is 0.244. The van der Waals surface area contributed by atoms with Crippen LogP contribution in [0.3, 0.4) is 0 Å². The maximum Gasteiger partial charge on any atom is 0.162 e. The molecule has 0 fully saturated rings. The standard InChI is InChI=1S/C29H22F2N2O/c30-23-14-10-21(11-15-23)28(34)19-18-26(20-6-2-1-3-7-20)33-27-9-5-4-8-25(27)32-29(33)22-12-16-24(31)17-13-22/h1-17,26H,18-19H2. The van der Waals surface area contributed by atoms with Crippen LogP contribution in [0, 0.1) is 11.6 Å². The molecule has 5 heteroatoms. The number of rotatable bonds is 7. The van der Waals surface area contributed by atoms with Gasteiger partial charge >= 0.3 is 0 Å². The summed E-state index contributed by atoms with van der Waals surface area (Å²) < 4.78 is 29.1. The number of hydrogen-bond donors (Lipinski definition) is 0. The van der Waals surface area contributed by atoms with E-state index in [1.165, 1.54) is 36.4 Å². The molecule has 0 saturated carbocycles. The average molecular weight is 453 g/mol. The monoisotopic (exact) mass is 452 g/mol. The van der Waals surface area contributed by atoms with E-state index in [9.17, 15) is 13.6 Å². The number of hydrogen-bond acceptors (Lipinski definition) is 2. The zero-order valence-electron chi connectivity index (χ0n) is 18.4. The lowest BCUT2D eigenvalue weighted by atomic mass is 9.97. The summed E-state index contributed by atoms with van der Waals surface area (Å²) in [5.74, 6) is -0.0126. The van der Waals surface area contributed by atoms with E-state index in [0.29, 0.717) is 17.8 Å². The number of aromatic nitrogens is 2. The Labute approximate surface area is 196 Å². The Bertz CT molecular complexity index is 1430. The maximum atomic E-state index is 13.6. The Morgan fingerprint density at radius 3 is 2.09 bits per heavy atom. The molecule has 1 heterocycles. The third kappa shape index (κ3) is 4.37. The Morgan fingerprint density at radius 2 is 1.38 bits per heavy atom. The summed E-state index contributed by atoms with van der Waals surface area (Å²) in [4.78, 5) is 17.8. The number of para-hydroxylation sites is 2. The van der Waals surface area contributed by atoms with Gasteiger partial charge in [-0.2, -0.15) is 0 Å². The van der Waals surface area contributed by atoms with Crippen molar-refractivity contribution in [2.24, 2.45) is 0 Å². The van der Waals surface area contributed by atoms with Gasteiger partial charge in [0, 0.05) is 17.5 Å². The van der Waals surface area contributed by atoms with E-state index < -0.39 is 0 Å². The summed E-state index contributed by atoms with van der Waals surface area (Å²) in [6.45, 7) is 0. The molecule has 1 unspecified atom stereocenters. The zero-order chi connectivity index (χ0) is 23.5. The number of Topliss-reactive ketones (excluding diaryl/α,β-unsaturated/α-hetero) is 1. The minimum Gasteiger partial charge on any atom is -0.316 e. The molecule has 0 aliphatic rings. The van der Waals surface area contributed by atoms with Gasteiger partial charge in [-0.25, -0.2) is 13.8 Å². The van der Waals surface area contributed by atoms with Crippen LogP contribution in [0.2, 0.25) is 0 Å². The predicted octanol–water partition coefficient (Wildman–Crippen LogP) is 7.23. The fourth-order valence-electron chi connectivity index (χ4n) is 4.33. The Morgan fingerprint density at radius 1 is 0.765 bits per heavy atom. The molecule has 0 aliphatic carbocycles. The molecule has 0 bridgehead atoms. The normalized spacial score (nSPS) is 12.1. The van der Waals surface area contributed by atoms with E-state index in [2.05, 4.69) is 4.57 Å². The van der Waals surface area contributed by atoms with Gasteiger partial charge in [0.15, 0.2) is 5.78 Å². The summed E-state index contributed by atoms with van der Waals surface area (Å²) in [6.07, 6.45) is 0.801. The van der Waals surface area contributed by atoms with E-state index in [-0.39, 0.29) is 29.9 Å². The molecular formula is C29H22F2N2O. The van der Waals surface area contributed by atoms with Gasteiger partial charge in [0.05, 0.1) is 17.1 Å². The highest BCUT2D eigenvalue weighted by Crippen LogP contribution is 2.34. The van der Waals surface area contributed by atoms with E-state index in [4.69, 9.17) is 4.98 Å². The van der Waals surface area contributed by atoms with Crippen molar-refractivity contribution in [2.75, 3.05) is 0 Å². The van der Waals surface area contributed by atoms with Crippen molar-refractivity contribution in [1.29, 1.82) is 0 Å². The second-order valence-corrected chi connectivity index (χ2v) is 8.20. The summed E-state index contributed by atoms with van der Waals surface area (Å²) in [5.41, 5.74) is 4.09. The number of ketones is 1. The average Bonchev–Trinajstić information content (AvgIpc) is 3.25. The lowest BCUT2D eigenvalue weighted by molar-refractivity contribution is 0.0976. The SMILES string of the molecule is O=C(CCC(c1ccccc1)n1c(-c2ccc(F)cc2)nc2ccccc21)c1ccc(F)cc1. The van der Waals surface area contributed by atoms with Crippen molar-refractivity contribution in [2.45, 2.75) is 18.9 Å². The second kappa shape index (κ2) is 9.40. The minimum atomic E-state index is -0.368. The Balaban J connectivity index is 1.59. The number of benzene rings is 4. The maximum absolute atomic E-state index is 13.6. The molecule has 0 radical (unpaired) electrons. The van der Waals surface area contributed by atoms with Crippen molar-refractivity contribution < 1.29 is 13.6 Å². The number of carbonyl (C=O) groups excluding carboxylic acids is 1. The van der Waals surface area contributed by atoms with Crippen LogP contribution in [-0.4, -0.2) is 15.3 Å². The van der Waals surface area contributed by atoms with E-state index in [0.717, 1.165) is 22.2 Å². The van der Waals surface area contributed by atoms with Crippen LogP contribution in [-0.2, 0) is 0 Å². The van der Waals surface area contributed by atoms with Crippen molar-refractivity contribution >= 4 is 16.8 Å². The van der Waals surface area contributed by atoms with Crippen LogP contribution in [0.5, 0.6) is 0 Å². The van der Waals surface area contributed by atoms with Crippen molar-refractivity contribution in [3.05, 3.63) is 126 Å². The lowest BCUT2D eigenvalue weighted by Gasteiger charge is -2.23. The molecule has 0 spiro atoms. The second-order valence-electron chi connectivity index (χ2n) is 8.20. The molecule has 5 aromatic rings. The minimum absolute atomic E-state index is 0.0475. The number of nitrogens with zero attached hydrogens (tertiary/aromatic N) is 2. The highest BCUT2D eigenvalue weighted by molar-refractivity contribution is 5.96. The molecule has 3 nitrogen and oxygen atoms in total. The highest BCUT2D eigenvalue weighted by atomic mass is 19.1. The number of imidazole rings is 1. The zero-order valence-corrected chi connectivity index (χ0v) is 18.4. The van der Waals surface area contributed by atoms with Crippen molar-refractivity contribution in [3.8, 4) is 11.4 Å². The first kappa shape index (κ1) is 21.7. The van der Waals surface area contributed by atoms with Crippen LogP contribution in [0.4, 0.5) is 8.78 Å². The molecule has 0 saturated heterocycles. The molecule has 34 heavy (non-hydrogen) atoms. The van der Waals surface area contributed by atoms with Crippen LogP contribution in [0.15, 0.2) is 103 Å². The van der Waals surface area contributed by atoms with E-state index in [1.807, 2.05) is 54.6 Å². The van der Waals surface area contributed by atoms with Gasteiger partial charge in [-0.1, -0.05) is 42.5 Å². The van der Waals surface area contributed by atoms with Crippen LogP contribution < -0.4 is 0 Å². The smallest absolute Gasteiger partial charge is 0.162 e. The van der Waals surface area contributed by atoms with Gasteiger partial charge in [-0.15, -0.1) is 0 Å². The summed E-state index contributed by atoms with van der Waals surface area (Å²) in [7, 11) is 0. The predicted molar refractivity (Wildman–Crippen MR) is 130 cm³/mol. The van der Waals surface area contributed by atoms with Gasteiger partial charge in [-0.05, 0) is 72.6 Å². The molecular weight excluding hydrogens is 430 g/mol. The van der Waals surface area contributed by atoms with Gasteiger partial charge in [-0.3, -0.25) is 4.79 Å². The highest BCUT2D eigenvalue weighted by Gasteiger charge is 2.23. The molecule has 5 rings (SSSR count). The summed E-state index contributed by atoms with van der Waals surface area (Å²) in [6, 6.07) is 29.6. The molecule has 0 aliphatic heterocycles. The summed E-state index contributed by atoms with van der Waals surface area (Å²) >= 11 is 0. The van der Waals surface area contributed by atoms with Crippen molar-refractivity contribution in [3.63, 3.8) is 0 Å². The third-order valence-corrected chi connectivity index (χ3v) is 6.01. The van der Waals surface area contributed by atoms with Crippen LogP contribution >= 0.6 is 0 Å². The first-order valence-corrected chi connectivity index (χ1v) is 11.2. The topological polar surface area (TPSA) is 34.9 Å². The van der Waals surface area contributed by atoms with Gasteiger partial charge in [0.2, 0.25) is 0 Å². The molecule has 168 valence electrons. The van der Waals surface area contributed by atoms with Crippen LogP contribution in [0.1, 0.15) is 34.8 Å². The molecule has 4 aromatic carbocycles. The van der Waals surface area contributed by atoms with Crippen molar-refractivity contribution in [1.82, 2.24) is 9.55 Å². The number of fused-ring (bicyclic) bond motifs is 1. The third-order valence-electron chi connectivity index (χ3n) is 6.01. The van der Waals surface area contributed by atoms with Gasteiger partial charge in [0.25, 0.3) is 0 Å². The fraction of sp³-hybridized carbons (Fsp3) is 0.103. The number of carbonyl (C=O) groups is 1. The lowest BCUT2D eigenvalue weighted by Crippen LogP contribution is -2.14. The van der Waals surface area contributed by atoms with E-state index >= 15 is 0 Å². The summed E-state index contributed by atoms with van der Waals surface area (Å²) in [5, 5.41) is 0. The van der Waals surface area contributed by atoms with Gasteiger partial charge < -0.3 is 4.57 Å². The largest absolute Gasteiger partial charge is 0.316 e. The first-order chi connectivity index (χ1) is 16.6.